The molecule has 1 aromatic heterocycles. The van der Waals surface area contributed by atoms with Gasteiger partial charge in [-0.2, -0.15) is 5.10 Å². The van der Waals surface area contributed by atoms with Crippen molar-refractivity contribution in [2.45, 2.75) is 13.8 Å². The van der Waals surface area contributed by atoms with Gasteiger partial charge in [0.1, 0.15) is 5.69 Å². The maximum atomic E-state index is 13.2. The van der Waals surface area contributed by atoms with E-state index in [0.29, 0.717) is 33.3 Å². The van der Waals surface area contributed by atoms with E-state index in [1.807, 2.05) is 32.0 Å². The summed E-state index contributed by atoms with van der Waals surface area (Å²) in [5, 5.41) is 19.0. The second-order valence-corrected chi connectivity index (χ2v) is 7.80. The third kappa shape index (κ3) is 4.38. The molecule has 0 radical (unpaired) electrons. The summed E-state index contributed by atoms with van der Waals surface area (Å²) in [4.78, 5) is 23.7. The minimum Gasteiger partial charge on any atom is -0.321 e. The number of carbonyl (C=O) groups excluding carboxylic acids is 1. The highest BCUT2D eigenvalue weighted by molar-refractivity contribution is 6.30. The van der Waals surface area contributed by atoms with Crippen molar-refractivity contribution in [1.29, 1.82) is 0 Å². The molecule has 3 aromatic carbocycles. The fourth-order valence-electron chi connectivity index (χ4n) is 3.26. The second-order valence-electron chi connectivity index (χ2n) is 7.36. The summed E-state index contributed by atoms with van der Waals surface area (Å²) >= 11 is 6.15. The Balaban J connectivity index is 1.76. The molecule has 1 amide bonds. The number of nitrogens with one attached hydrogen (secondary N) is 1. The van der Waals surface area contributed by atoms with Crippen LogP contribution in [-0.4, -0.2) is 20.6 Å². The normalized spacial score (nSPS) is 10.7. The van der Waals surface area contributed by atoms with E-state index in [1.54, 1.807) is 42.5 Å². The average Bonchev–Trinajstić information content (AvgIpc) is 3.22. The van der Waals surface area contributed by atoms with Gasteiger partial charge < -0.3 is 5.32 Å². The fraction of sp³-hybridized carbons (Fsp3) is 0.0833. The number of carbonyl (C=O) groups is 1. The van der Waals surface area contributed by atoms with E-state index in [1.165, 1.54) is 16.8 Å². The molecule has 160 valence electrons. The van der Waals surface area contributed by atoms with E-state index in [2.05, 4.69) is 10.4 Å². The van der Waals surface area contributed by atoms with Crippen LogP contribution in [0.25, 0.3) is 16.9 Å². The molecule has 0 unspecified atom stereocenters. The second kappa shape index (κ2) is 8.64. The zero-order valence-electron chi connectivity index (χ0n) is 17.4. The Morgan fingerprint density at radius 2 is 1.75 bits per heavy atom. The molecule has 0 saturated heterocycles. The molecule has 0 aliphatic rings. The number of halogens is 1. The molecule has 0 bridgehead atoms. The minimum absolute atomic E-state index is 0.0178. The summed E-state index contributed by atoms with van der Waals surface area (Å²) in [6.45, 7) is 3.99. The zero-order chi connectivity index (χ0) is 22.8. The number of nitrogens with zero attached hydrogens (tertiary/aromatic N) is 3. The number of non-ortho nitro benzene ring substituents is 1. The van der Waals surface area contributed by atoms with Crippen LogP contribution in [0, 0.1) is 24.0 Å². The molecule has 7 nitrogen and oxygen atoms in total. The van der Waals surface area contributed by atoms with Crippen molar-refractivity contribution in [2.75, 3.05) is 5.32 Å². The molecule has 4 aromatic rings. The summed E-state index contributed by atoms with van der Waals surface area (Å²) in [6.07, 6.45) is 0. The van der Waals surface area contributed by atoms with Crippen LogP contribution < -0.4 is 5.32 Å². The first-order chi connectivity index (χ1) is 15.3. The van der Waals surface area contributed by atoms with Crippen molar-refractivity contribution in [3.8, 4) is 16.9 Å². The summed E-state index contributed by atoms with van der Waals surface area (Å²) < 4.78 is 1.51. The molecule has 4 rings (SSSR count). The SMILES string of the molecule is Cc1ccc(NC(=O)c2cc(-c3ccc([N+](=O)[O-])cc3)nn2-c2cccc(Cl)c2)cc1C. The Hall–Kier alpha value is -3.97. The molecule has 0 fully saturated rings. The lowest BCUT2D eigenvalue weighted by molar-refractivity contribution is -0.384. The molecule has 1 N–H and O–H groups in total. The standard InChI is InChI=1S/C24H19ClN4O3/c1-15-6-9-19(12-16(15)2)26-24(30)23-14-22(17-7-10-20(11-8-17)29(31)32)27-28(23)21-5-3-4-18(25)13-21/h3-14H,1-2H3,(H,26,30). The quantitative estimate of drug-likeness (QED) is 0.302. The molecule has 0 aliphatic carbocycles. The van der Waals surface area contributed by atoms with Crippen molar-refractivity contribution in [3.63, 3.8) is 0 Å². The van der Waals surface area contributed by atoms with Gasteiger partial charge in [0.2, 0.25) is 0 Å². The Labute approximate surface area is 189 Å². The number of benzene rings is 3. The number of rotatable bonds is 5. The lowest BCUT2D eigenvalue weighted by Gasteiger charge is -2.10. The van der Waals surface area contributed by atoms with Crippen LogP contribution in [0.2, 0.25) is 5.02 Å². The first-order valence-electron chi connectivity index (χ1n) is 9.81. The van der Waals surface area contributed by atoms with Gasteiger partial charge in [-0.25, -0.2) is 4.68 Å². The van der Waals surface area contributed by atoms with Crippen LogP contribution in [0.5, 0.6) is 0 Å². The van der Waals surface area contributed by atoms with E-state index in [9.17, 15) is 14.9 Å². The van der Waals surface area contributed by atoms with Gasteiger partial charge in [-0.05, 0) is 73.5 Å². The lowest BCUT2D eigenvalue weighted by atomic mass is 10.1. The van der Waals surface area contributed by atoms with E-state index in [0.717, 1.165) is 11.1 Å². The van der Waals surface area contributed by atoms with Crippen LogP contribution in [0.15, 0.2) is 72.8 Å². The smallest absolute Gasteiger partial charge is 0.274 e. The number of amides is 1. The van der Waals surface area contributed by atoms with E-state index in [4.69, 9.17) is 11.6 Å². The fourth-order valence-corrected chi connectivity index (χ4v) is 3.44. The van der Waals surface area contributed by atoms with Crippen molar-refractivity contribution >= 4 is 28.9 Å². The number of hydrogen-bond donors (Lipinski definition) is 1. The molecule has 1 heterocycles. The van der Waals surface area contributed by atoms with Crippen molar-refractivity contribution in [1.82, 2.24) is 9.78 Å². The number of aromatic nitrogens is 2. The van der Waals surface area contributed by atoms with Gasteiger partial charge >= 0.3 is 0 Å². The van der Waals surface area contributed by atoms with Gasteiger partial charge in [0.15, 0.2) is 0 Å². The Morgan fingerprint density at radius 3 is 2.41 bits per heavy atom. The largest absolute Gasteiger partial charge is 0.321 e. The van der Waals surface area contributed by atoms with Gasteiger partial charge in [-0.3, -0.25) is 14.9 Å². The maximum absolute atomic E-state index is 13.2. The van der Waals surface area contributed by atoms with Crippen molar-refractivity contribution in [2.24, 2.45) is 0 Å². The topological polar surface area (TPSA) is 90.1 Å². The molecular weight excluding hydrogens is 428 g/mol. The molecular formula is C24H19ClN4O3. The van der Waals surface area contributed by atoms with E-state index < -0.39 is 4.92 Å². The Bertz CT molecular complexity index is 1330. The third-order valence-electron chi connectivity index (χ3n) is 5.13. The van der Waals surface area contributed by atoms with Gasteiger partial charge in [-0.1, -0.05) is 23.7 Å². The van der Waals surface area contributed by atoms with Crippen molar-refractivity contribution < 1.29 is 9.72 Å². The number of nitro groups is 1. The number of nitro benzene ring substituents is 1. The Kier molecular flexibility index (Phi) is 5.75. The summed E-state index contributed by atoms with van der Waals surface area (Å²) in [6, 6.07) is 20.4. The molecule has 0 spiro atoms. The van der Waals surface area contributed by atoms with E-state index in [-0.39, 0.29) is 11.6 Å². The number of aryl methyl sites for hydroxylation is 2. The van der Waals surface area contributed by atoms with Crippen LogP contribution in [0.4, 0.5) is 11.4 Å². The van der Waals surface area contributed by atoms with Gasteiger partial charge in [0, 0.05) is 28.4 Å². The van der Waals surface area contributed by atoms with Crippen LogP contribution in [0.3, 0.4) is 0 Å². The molecule has 0 saturated carbocycles. The first kappa shape index (κ1) is 21.3. The van der Waals surface area contributed by atoms with Gasteiger partial charge in [-0.15, -0.1) is 0 Å². The number of anilines is 1. The Morgan fingerprint density at radius 1 is 1.00 bits per heavy atom. The zero-order valence-corrected chi connectivity index (χ0v) is 18.1. The number of hydrogen-bond acceptors (Lipinski definition) is 4. The highest BCUT2D eigenvalue weighted by Crippen LogP contribution is 2.26. The predicted octanol–water partition coefficient (Wildman–Crippen LogP) is 5.97. The summed E-state index contributed by atoms with van der Waals surface area (Å²) in [5.74, 6) is -0.339. The third-order valence-corrected chi connectivity index (χ3v) is 5.37. The summed E-state index contributed by atoms with van der Waals surface area (Å²) in [7, 11) is 0. The van der Waals surface area contributed by atoms with Crippen LogP contribution >= 0.6 is 11.6 Å². The summed E-state index contributed by atoms with van der Waals surface area (Å²) in [5.41, 5.74) is 4.94. The highest BCUT2D eigenvalue weighted by atomic mass is 35.5. The molecule has 8 heteroatoms. The molecule has 0 aliphatic heterocycles. The van der Waals surface area contributed by atoms with Crippen molar-refractivity contribution in [3.05, 3.63) is 105 Å². The monoisotopic (exact) mass is 446 g/mol. The van der Waals surface area contributed by atoms with Crippen LogP contribution in [0.1, 0.15) is 21.6 Å². The van der Waals surface area contributed by atoms with Crippen LogP contribution in [-0.2, 0) is 0 Å². The van der Waals surface area contributed by atoms with Gasteiger partial charge in [0.25, 0.3) is 11.6 Å². The first-order valence-corrected chi connectivity index (χ1v) is 10.2. The predicted molar refractivity (Wildman–Crippen MR) is 125 cm³/mol. The highest BCUT2D eigenvalue weighted by Gasteiger charge is 2.19. The molecule has 0 atom stereocenters. The molecule has 32 heavy (non-hydrogen) atoms. The maximum Gasteiger partial charge on any atom is 0.274 e. The van der Waals surface area contributed by atoms with Gasteiger partial charge in [0.05, 0.1) is 16.3 Å². The average molecular weight is 447 g/mol. The van der Waals surface area contributed by atoms with E-state index >= 15 is 0 Å². The minimum atomic E-state index is -0.462. The lowest BCUT2D eigenvalue weighted by Crippen LogP contribution is -2.17.